The highest BCUT2D eigenvalue weighted by molar-refractivity contribution is 5.96. The molecule has 3 fully saturated rings. The zero-order chi connectivity index (χ0) is 23.2. The molecule has 0 unspecified atom stereocenters. The molecule has 1 saturated carbocycles. The summed E-state index contributed by atoms with van der Waals surface area (Å²) in [6, 6.07) is 3.78. The van der Waals surface area contributed by atoms with Gasteiger partial charge < -0.3 is 9.64 Å². The van der Waals surface area contributed by atoms with Gasteiger partial charge in [-0.1, -0.05) is 5.21 Å². The van der Waals surface area contributed by atoms with E-state index in [2.05, 4.69) is 20.3 Å². The molecule has 2 bridgehead atoms. The van der Waals surface area contributed by atoms with Crippen molar-refractivity contribution in [1.29, 1.82) is 0 Å². The topological polar surface area (TPSA) is 86.0 Å². The number of ether oxygens (including phenoxy) is 1. The molecule has 3 atom stereocenters. The highest BCUT2D eigenvalue weighted by Gasteiger charge is 2.45. The largest absolute Gasteiger partial charge is 0.472 e. The predicted octanol–water partition coefficient (Wildman–Crippen LogP) is 3.46. The molecule has 6 rings (SSSR count). The molecular formula is C22H21F3N6O2. The number of carbonyl (C=O) groups excluding carboxylic acids is 1. The number of carbonyl (C=O) groups is 1. The van der Waals surface area contributed by atoms with Crippen LogP contribution in [0.3, 0.4) is 0 Å². The molecule has 2 aliphatic heterocycles. The Morgan fingerprint density at radius 1 is 1.18 bits per heavy atom. The first-order chi connectivity index (χ1) is 15.8. The molecule has 8 nitrogen and oxygen atoms in total. The van der Waals surface area contributed by atoms with E-state index in [4.69, 9.17) is 4.74 Å². The van der Waals surface area contributed by atoms with Crippen LogP contribution in [0.4, 0.5) is 13.2 Å². The van der Waals surface area contributed by atoms with Gasteiger partial charge in [0.15, 0.2) is 5.69 Å². The standard InChI is InChI=1S/C22H21F3N6O2/c1-13-8-17(31-7-6-28-29-31)20(27-10-13)21(32)30-12-14-2-4-16(30)18(9-14)33-19-5-3-15(11-26-19)22(23,24)25/h3,5-8,10-11,14,16,18H,2,4,9,12H2,1H3/t14-,16+,18-/m1/s1. The minimum atomic E-state index is -4.46. The minimum Gasteiger partial charge on any atom is -0.472 e. The second-order valence-corrected chi connectivity index (χ2v) is 8.47. The highest BCUT2D eigenvalue weighted by atomic mass is 19.4. The van der Waals surface area contributed by atoms with Gasteiger partial charge in [-0.2, -0.15) is 13.2 Å². The van der Waals surface area contributed by atoms with Gasteiger partial charge in [0.2, 0.25) is 5.88 Å². The summed E-state index contributed by atoms with van der Waals surface area (Å²) in [5.74, 6) is 0.118. The van der Waals surface area contributed by atoms with Gasteiger partial charge in [0.05, 0.1) is 29.7 Å². The molecule has 33 heavy (non-hydrogen) atoms. The number of hydrogen-bond acceptors (Lipinski definition) is 6. The van der Waals surface area contributed by atoms with Gasteiger partial charge in [0.1, 0.15) is 6.10 Å². The van der Waals surface area contributed by atoms with Crippen molar-refractivity contribution in [3.05, 3.63) is 59.8 Å². The van der Waals surface area contributed by atoms with Crippen LogP contribution in [0, 0.1) is 12.8 Å². The zero-order valence-corrected chi connectivity index (χ0v) is 17.7. The lowest BCUT2D eigenvalue weighted by Crippen LogP contribution is -2.59. The number of fused-ring (bicyclic) bond motifs is 3. The van der Waals surface area contributed by atoms with E-state index >= 15 is 0 Å². The fourth-order valence-electron chi connectivity index (χ4n) is 4.63. The zero-order valence-electron chi connectivity index (χ0n) is 17.7. The fraction of sp³-hybridized carbons (Fsp3) is 0.409. The summed E-state index contributed by atoms with van der Waals surface area (Å²) >= 11 is 0. The van der Waals surface area contributed by atoms with E-state index in [1.807, 2.05) is 13.0 Å². The van der Waals surface area contributed by atoms with Gasteiger partial charge in [-0.05, 0) is 49.8 Å². The van der Waals surface area contributed by atoms with Crippen molar-refractivity contribution in [2.75, 3.05) is 6.54 Å². The van der Waals surface area contributed by atoms with E-state index in [0.717, 1.165) is 30.7 Å². The molecule has 1 amide bonds. The average Bonchev–Trinajstić information content (AvgIpc) is 3.33. The van der Waals surface area contributed by atoms with Gasteiger partial charge in [-0.25, -0.2) is 14.6 Å². The molecule has 0 aromatic carbocycles. The number of hydrogen-bond donors (Lipinski definition) is 0. The van der Waals surface area contributed by atoms with Gasteiger partial charge in [-0.15, -0.1) is 5.10 Å². The lowest BCUT2D eigenvalue weighted by Gasteiger charge is -2.49. The minimum absolute atomic E-state index is 0.115. The van der Waals surface area contributed by atoms with E-state index in [1.165, 1.54) is 16.9 Å². The molecule has 3 aromatic rings. The summed E-state index contributed by atoms with van der Waals surface area (Å²) in [4.78, 5) is 23.6. The maximum absolute atomic E-state index is 13.6. The van der Waals surface area contributed by atoms with Crippen molar-refractivity contribution >= 4 is 5.91 Å². The van der Waals surface area contributed by atoms with Crippen LogP contribution < -0.4 is 4.74 Å². The second kappa shape index (κ2) is 8.13. The first-order valence-corrected chi connectivity index (χ1v) is 10.6. The number of piperidine rings is 2. The Labute approximate surface area is 187 Å². The summed E-state index contributed by atoms with van der Waals surface area (Å²) in [6.45, 7) is 2.46. The molecule has 1 aliphatic carbocycles. The predicted molar refractivity (Wildman–Crippen MR) is 110 cm³/mol. The average molecular weight is 458 g/mol. The molecule has 5 heterocycles. The summed E-state index contributed by atoms with van der Waals surface area (Å²) < 4.78 is 45.9. The molecule has 172 valence electrons. The third-order valence-electron chi connectivity index (χ3n) is 6.19. The Kier molecular flexibility index (Phi) is 5.26. The van der Waals surface area contributed by atoms with Crippen LogP contribution in [0.25, 0.3) is 5.69 Å². The van der Waals surface area contributed by atoms with Crippen LogP contribution in [0.1, 0.15) is 40.9 Å². The number of pyridine rings is 2. The molecule has 2 saturated heterocycles. The van der Waals surface area contributed by atoms with Crippen molar-refractivity contribution in [1.82, 2.24) is 29.9 Å². The maximum atomic E-state index is 13.6. The Balaban J connectivity index is 1.39. The normalized spacial score (nSPS) is 22.4. The van der Waals surface area contributed by atoms with E-state index in [1.54, 1.807) is 17.3 Å². The molecule has 3 aromatic heterocycles. The number of nitrogens with zero attached hydrogens (tertiary/aromatic N) is 6. The van der Waals surface area contributed by atoms with Gasteiger partial charge in [0, 0.05) is 25.0 Å². The number of alkyl halides is 3. The number of rotatable bonds is 4. The van der Waals surface area contributed by atoms with Crippen LogP contribution in [-0.2, 0) is 6.18 Å². The first kappa shape index (κ1) is 21.4. The van der Waals surface area contributed by atoms with E-state index in [-0.39, 0.29) is 35.5 Å². The van der Waals surface area contributed by atoms with Crippen LogP contribution in [0.15, 0.2) is 43.0 Å². The van der Waals surface area contributed by atoms with E-state index in [9.17, 15) is 18.0 Å². The maximum Gasteiger partial charge on any atom is 0.417 e. The molecule has 0 N–H and O–H groups in total. The summed E-state index contributed by atoms with van der Waals surface area (Å²) in [5.41, 5.74) is 0.862. The Bertz CT molecular complexity index is 1150. The van der Waals surface area contributed by atoms with Gasteiger partial charge in [-0.3, -0.25) is 4.79 Å². The Hall–Kier alpha value is -3.50. The lowest BCUT2D eigenvalue weighted by atomic mass is 9.77. The number of aromatic nitrogens is 5. The molecule has 11 heteroatoms. The third-order valence-corrected chi connectivity index (χ3v) is 6.19. The number of aryl methyl sites for hydroxylation is 1. The van der Waals surface area contributed by atoms with Crippen molar-refractivity contribution in [2.45, 2.75) is 44.5 Å². The first-order valence-electron chi connectivity index (χ1n) is 10.6. The highest BCUT2D eigenvalue weighted by Crippen LogP contribution is 2.38. The molecule has 0 spiro atoms. The SMILES string of the molecule is Cc1cnc(C(=O)N2C[C@@H]3CC[C@H]2[C@H](Oc2ccc(C(F)(F)F)cn2)C3)c(-n2ccnn2)c1. The quantitative estimate of drug-likeness (QED) is 0.595. The van der Waals surface area contributed by atoms with Crippen LogP contribution in [-0.4, -0.2) is 54.5 Å². The third kappa shape index (κ3) is 4.14. The van der Waals surface area contributed by atoms with Gasteiger partial charge in [0.25, 0.3) is 5.91 Å². The van der Waals surface area contributed by atoms with Gasteiger partial charge >= 0.3 is 6.18 Å². The second-order valence-electron chi connectivity index (χ2n) is 8.47. The van der Waals surface area contributed by atoms with Crippen LogP contribution in [0.2, 0.25) is 0 Å². The van der Waals surface area contributed by atoms with Crippen molar-refractivity contribution in [3.63, 3.8) is 0 Å². The van der Waals surface area contributed by atoms with Crippen molar-refractivity contribution in [2.24, 2.45) is 5.92 Å². The van der Waals surface area contributed by atoms with E-state index in [0.29, 0.717) is 18.7 Å². The summed E-state index contributed by atoms with van der Waals surface area (Å²) in [7, 11) is 0. The Morgan fingerprint density at radius 2 is 2.03 bits per heavy atom. The molecule has 3 aliphatic rings. The number of amides is 1. The fourth-order valence-corrected chi connectivity index (χ4v) is 4.63. The monoisotopic (exact) mass is 458 g/mol. The van der Waals surface area contributed by atoms with Crippen molar-refractivity contribution < 1.29 is 22.7 Å². The van der Waals surface area contributed by atoms with E-state index < -0.39 is 11.7 Å². The van der Waals surface area contributed by atoms with Crippen LogP contribution >= 0.6 is 0 Å². The summed E-state index contributed by atoms with van der Waals surface area (Å²) in [5, 5.41) is 7.82. The number of halogens is 3. The summed E-state index contributed by atoms with van der Waals surface area (Å²) in [6.07, 6.45) is 3.19. The lowest BCUT2D eigenvalue weighted by molar-refractivity contribution is -0.137. The smallest absolute Gasteiger partial charge is 0.417 e. The molecular weight excluding hydrogens is 437 g/mol. The van der Waals surface area contributed by atoms with Crippen molar-refractivity contribution in [3.8, 4) is 11.6 Å². The Morgan fingerprint density at radius 3 is 2.70 bits per heavy atom. The molecule has 0 radical (unpaired) electrons. The van der Waals surface area contributed by atoms with Crippen LogP contribution in [0.5, 0.6) is 5.88 Å².